The minimum atomic E-state index is -4.65. The molecule has 5 nitrogen and oxygen atoms in total. The van der Waals surface area contributed by atoms with Gasteiger partial charge in [0.15, 0.2) is 0 Å². The molecule has 130 valence electrons. The summed E-state index contributed by atoms with van der Waals surface area (Å²) in [4.78, 5) is 11.8. The number of alkyl halides is 3. The molecule has 0 spiro atoms. The first-order chi connectivity index (χ1) is 10.5. The first-order valence-corrected chi connectivity index (χ1v) is 8.56. The molecule has 0 unspecified atom stereocenters. The number of rotatable bonds is 6. The van der Waals surface area contributed by atoms with E-state index in [2.05, 4.69) is 5.32 Å². The molecule has 1 rings (SSSR count). The van der Waals surface area contributed by atoms with Crippen molar-refractivity contribution in [1.82, 2.24) is 4.31 Å². The molecule has 0 atom stereocenters. The van der Waals surface area contributed by atoms with Crippen LogP contribution in [0.25, 0.3) is 0 Å². The van der Waals surface area contributed by atoms with E-state index in [0.29, 0.717) is 12.5 Å². The van der Waals surface area contributed by atoms with Crippen LogP contribution < -0.4 is 5.32 Å². The number of carbonyl (C=O) groups is 1. The Balaban J connectivity index is 2.83. The molecule has 0 heterocycles. The molecule has 10 heteroatoms. The van der Waals surface area contributed by atoms with Crippen LogP contribution in [-0.4, -0.2) is 38.0 Å². The number of carbonyl (C=O) groups excluding carboxylic acids is 1. The lowest BCUT2D eigenvalue weighted by Crippen LogP contribution is -2.36. The van der Waals surface area contributed by atoms with Crippen LogP contribution in [-0.2, 0) is 21.0 Å². The highest BCUT2D eigenvalue weighted by molar-refractivity contribution is 7.89. The number of nitrogens with zero attached hydrogens (tertiary/aromatic N) is 1. The van der Waals surface area contributed by atoms with Gasteiger partial charge in [0.05, 0.1) is 22.9 Å². The Bertz CT molecular complexity index is 678. The number of nitrogens with one attached hydrogen (secondary N) is 1. The third kappa shape index (κ3) is 5.67. The highest BCUT2D eigenvalue weighted by atomic mass is 35.5. The maximum atomic E-state index is 12.7. The maximum absolute atomic E-state index is 12.7. The second-order valence-corrected chi connectivity index (χ2v) is 7.42. The Kier molecular flexibility index (Phi) is 6.43. The molecular formula is C13H16ClF3N2O3S. The highest BCUT2D eigenvalue weighted by Crippen LogP contribution is 2.36. The summed E-state index contributed by atoms with van der Waals surface area (Å²) in [5.41, 5.74) is -1.20. The standard InChI is InChI=1S/C13H16ClF3N2O3S/c1-3-6-23(21,22)19(2)8-12(20)18-9-4-5-11(14)10(7-9)13(15,16)17/h4-5,7H,3,6,8H2,1-2H3,(H,18,20). The van der Waals surface area contributed by atoms with E-state index < -0.39 is 39.2 Å². The summed E-state index contributed by atoms with van der Waals surface area (Å²) in [7, 11) is -2.33. The van der Waals surface area contributed by atoms with Crippen LogP contribution in [0.4, 0.5) is 18.9 Å². The number of benzene rings is 1. The molecule has 0 saturated heterocycles. The summed E-state index contributed by atoms with van der Waals surface area (Å²) in [6.07, 6.45) is -4.26. The monoisotopic (exact) mass is 372 g/mol. The van der Waals surface area contributed by atoms with Crippen LogP contribution in [0.2, 0.25) is 5.02 Å². The van der Waals surface area contributed by atoms with Crippen molar-refractivity contribution in [2.75, 3.05) is 24.7 Å². The van der Waals surface area contributed by atoms with E-state index in [-0.39, 0.29) is 11.4 Å². The van der Waals surface area contributed by atoms with E-state index in [4.69, 9.17) is 11.6 Å². The Labute approximate surface area is 137 Å². The molecule has 1 N–H and O–H groups in total. The number of anilines is 1. The van der Waals surface area contributed by atoms with E-state index in [9.17, 15) is 26.4 Å². The van der Waals surface area contributed by atoms with Crippen molar-refractivity contribution >= 4 is 33.2 Å². The Hall–Kier alpha value is -1.32. The Morgan fingerprint density at radius 3 is 2.48 bits per heavy atom. The number of halogens is 4. The summed E-state index contributed by atoms with van der Waals surface area (Å²) >= 11 is 5.48. The van der Waals surface area contributed by atoms with Gasteiger partial charge in [-0.1, -0.05) is 18.5 Å². The predicted octanol–water partition coefficient (Wildman–Crippen LogP) is 2.97. The normalized spacial score (nSPS) is 12.5. The molecule has 1 aromatic rings. The van der Waals surface area contributed by atoms with E-state index >= 15 is 0 Å². The molecule has 0 aromatic heterocycles. The molecule has 0 aliphatic carbocycles. The second kappa shape index (κ2) is 7.50. The fourth-order valence-corrected chi connectivity index (χ4v) is 3.10. The largest absolute Gasteiger partial charge is 0.417 e. The minimum absolute atomic E-state index is 0.115. The van der Waals surface area contributed by atoms with E-state index in [0.717, 1.165) is 10.4 Å². The van der Waals surface area contributed by atoms with Gasteiger partial charge in [0.25, 0.3) is 0 Å². The third-order valence-corrected chi connectivity index (χ3v) is 5.19. The Morgan fingerprint density at radius 2 is 1.96 bits per heavy atom. The maximum Gasteiger partial charge on any atom is 0.417 e. The lowest BCUT2D eigenvalue weighted by Gasteiger charge is -2.17. The fraction of sp³-hybridized carbons (Fsp3) is 0.462. The number of likely N-dealkylation sites (N-methyl/N-ethyl adjacent to an activating group) is 1. The first kappa shape index (κ1) is 19.7. The molecule has 0 radical (unpaired) electrons. The summed E-state index contributed by atoms with van der Waals surface area (Å²) < 4.78 is 62.5. The molecular weight excluding hydrogens is 357 g/mol. The van der Waals surface area contributed by atoms with Gasteiger partial charge in [0, 0.05) is 12.7 Å². The van der Waals surface area contributed by atoms with E-state index in [1.165, 1.54) is 13.1 Å². The fourth-order valence-electron chi connectivity index (χ4n) is 1.74. The van der Waals surface area contributed by atoms with Gasteiger partial charge in [0.2, 0.25) is 15.9 Å². The summed E-state index contributed by atoms with van der Waals surface area (Å²) in [6, 6.07) is 2.91. The van der Waals surface area contributed by atoms with Gasteiger partial charge in [-0.15, -0.1) is 0 Å². The molecule has 0 bridgehead atoms. The van der Waals surface area contributed by atoms with Crippen molar-refractivity contribution in [2.45, 2.75) is 19.5 Å². The zero-order valence-corrected chi connectivity index (χ0v) is 14.0. The van der Waals surface area contributed by atoms with Crippen LogP contribution in [0.5, 0.6) is 0 Å². The number of amides is 1. The number of hydrogen-bond donors (Lipinski definition) is 1. The molecule has 0 fully saturated rings. The number of sulfonamides is 1. The van der Waals surface area contributed by atoms with Crippen LogP contribution in [0.1, 0.15) is 18.9 Å². The van der Waals surface area contributed by atoms with Crippen LogP contribution >= 0.6 is 11.6 Å². The van der Waals surface area contributed by atoms with Crippen molar-refractivity contribution in [3.05, 3.63) is 28.8 Å². The zero-order chi connectivity index (χ0) is 17.8. The van der Waals surface area contributed by atoms with Gasteiger partial charge in [-0.2, -0.15) is 17.5 Å². The lowest BCUT2D eigenvalue weighted by atomic mass is 10.2. The van der Waals surface area contributed by atoms with Gasteiger partial charge in [-0.25, -0.2) is 8.42 Å². The van der Waals surface area contributed by atoms with Crippen molar-refractivity contribution in [2.24, 2.45) is 0 Å². The van der Waals surface area contributed by atoms with Crippen molar-refractivity contribution in [1.29, 1.82) is 0 Å². The van der Waals surface area contributed by atoms with Gasteiger partial charge >= 0.3 is 6.18 Å². The molecule has 0 saturated carbocycles. The number of hydrogen-bond acceptors (Lipinski definition) is 3. The molecule has 1 aromatic carbocycles. The highest BCUT2D eigenvalue weighted by Gasteiger charge is 2.33. The topological polar surface area (TPSA) is 66.5 Å². The smallest absolute Gasteiger partial charge is 0.325 e. The van der Waals surface area contributed by atoms with Gasteiger partial charge in [-0.3, -0.25) is 4.79 Å². The third-order valence-electron chi connectivity index (χ3n) is 2.86. The Morgan fingerprint density at radius 1 is 1.35 bits per heavy atom. The molecule has 23 heavy (non-hydrogen) atoms. The summed E-state index contributed by atoms with van der Waals surface area (Å²) in [5, 5.41) is 1.74. The zero-order valence-electron chi connectivity index (χ0n) is 12.4. The summed E-state index contributed by atoms with van der Waals surface area (Å²) in [6.45, 7) is 1.18. The van der Waals surface area contributed by atoms with Crippen molar-refractivity contribution in [3.63, 3.8) is 0 Å². The molecule has 0 aliphatic heterocycles. The van der Waals surface area contributed by atoms with Crippen LogP contribution in [0, 0.1) is 0 Å². The van der Waals surface area contributed by atoms with Crippen molar-refractivity contribution in [3.8, 4) is 0 Å². The van der Waals surface area contributed by atoms with Gasteiger partial charge < -0.3 is 5.32 Å². The average molecular weight is 373 g/mol. The van der Waals surface area contributed by atoms with Crippen LogP contribution in [0.3, 0.4) is 0 Å². The summed E-state index contributed by atoms with van der Waals surface area (Å²) in [5.74, 6) is -0.863. The second-order valence-electron chi connectivity index (χ2n) is 4.81. The predicted molar refractivity (Wildman–Crippen MR) is 81.8 cm³/mol. The quantitative estimate of drug-likeness (QED) is 0.834. The molecule has 0 aliphatic rings. The van der Waals surface area contributed by atoms with E-state index in [1.54, 1.807) is 6.92 Å². The lowest BCUT2D eigenvalue weighted by molar-refractivity contribution is -0.137. The van der Waals surface area contributed by atoms with Gasteiger partial charge in [-0.05, 0) is 24.6 Å². The van der Waals surface area contributed by atoms with Gasteiger partial charge in [0.1, 0.15) is 0 Å². The van der Waals surface area contributed by atoms with Crippen molar-refractivity contribution < 1.29 is 26.4 Å². The SMILES string of the molecule is CCCS(=O)(=O)N(C)CC(=O)Nc1ccc(Cl)c(C(F)(F)F)c1. The minimum Gasteiger partial charge on any atom is -0.325 e. The first-order valence-electron chi connectivity index (χ1n) is 6.58. The van der Waals surface area contributed by atoms with Crippen LogP contribution in [0.15, 0.2) is 18.2 Å². The average Bonchev–Trinajstić information content (AvgIpc) is 2.39. The molecule has 1 amide bonds. The van der Waals surface area contributed by atoms with E-state index in [1.807, 2.05) is 0 Å².